The molecule has 13 nitrogen and oxygen atoms in total. The lowest BCUT2D eigenvalue weighted by molar-refractivity contribution is -0.142. The molecule has 45 heavy (non-hydrogen) atoms. The molecule has 0 aromatic rings. The Morgan fingerprint density at radius 2 is 0.978 bits per heavy atom. The molecule has 0 aliphatic heterocycles. The summed E-state index contributed by atoms with van der Waals surface area (Å²) in [5, 5.41) is 25.4. The summed E-state index contributed by atoms with van der Waals surface area (Å²) in [6, 6.07) is -1.19. The Hall–Kier alpha value is -3.06. The van der Waals surface area contributed by atoms with Gasteiger partial charge in [0.05, 0.1) is 26.4 Å². The second kappa shape index (κ2) is 30.9. The molecule has 0 fully saturated rings. The zero-order valence-corrected chi connectivity index (χ0v) is 26.9. The number of nitrogens with one attached hydrogen (secondary N) is 3. The minimum Gasteiger partial charge on any atom is -0.481 e. The van der Waals surface area contributed by atoms with Gasteiger partial charge in [0.15, 0.2) is 6.29 Å². The molecule has 1 radical (unpaired) electrons. The maximum atomic E-state index is 11.9. The Bertz CT molecular complexity index is 825. The van der Waals surface area contributed by atoms with Crippen molar-refractivity contribution in [1.82, 2.24) is 16.0 Å². The number of carbonyl (C=O) groups excluding carboxylic acids is 4. The fourth-order valence-corrected chi connectivity index (χ4v) is 4.48. The van der Waals surface area contributed by atoms with Crippen molar-refractivity contribution in [2.45, 2.75) is 128 Å². The molecular formula is C32H56N3O10. The van der Waals surface area contributed by atoms with Gasteiger partial charge in [-0.1, -0.05) is 70.6 Å². The molecule has 0 aromatic carbocycles. The number of hydrogen-bond donors (Lipinski definition) is 5. The lowest BCUT2D eigenvalue weighted by Crippen LogP contribution is -2.41. The number of rotatable bonds is 33. The molecule has 0 spiro atoms. The van der Waals surface area contributed by atoms with Crippen molar-refractivity contribution >= 4 is 35.9 Å². The van der Waals surface area contributed by atoms with Crippen LogP contribution in [0.25, 0.3) is 0 Å². The summed E-state index contributed by atoms with van der Waals surface area (Å²) in [4.78, 5) is 67.4. The first-order valence-corrected chi connectivity index (χ1v) is 16.5. The van der Waals surface area contributed by atoms with Crippen LogP contribution in [-0.2, 0) is 38.2 Å². The van der Waals surface area contributed by atoms with E-state index in [0.29, 0.717) is 32.8 Å². The Balaban J connectivity index is 3.43. The zero-order valence-electron chi connectivity index (χ0n) is 26.9. The minimum absolute atomic E-state index is 0.0317. The van der Waals surface area contributed by atoms with Crippen LogP contribution in [0.15, 0.2) is 0 Å². The Morgan fingerprint density at radius 3 is 1.42 bits per heavy atom. The Labute approximate surface area is 267 Å². The third-order valence-electron chi connectivity index (χ3n) is 7.05. The molecule has 0 saturated carbocycles. The molecule has 5 N–H and O–H groups in total. The first-order valence-electron chi connectivity index (χ1n) is 16.5. The van der Waals surface area contributed by atoms with Gasteiger partial charge in [0.25, 0.3) is 0 Å². The van der Waals surface area contributed by atoms with E-state index in [-0.39, 0.29) is 57.1 Å². The van der Waals surface area contributed by atoms with Crippen LogP contribution >= 0.6 is 0 Å². The van der Waals surface area contributed by atoms with Crippen LogP contribution in [0.5, 0.6) is 0 Å². The van der Waals surface area contributed by atoms with Crippen molar-refractivity contribution in [2.75, 3.05) is 39.5 Å². The van der Waals surface area contributed by atoms with Gasteiger partial charge in [-0.3, -0.25) is 24.0 Å². The van der Waals surface area contributed by atoms with Gasteiger partial charge in [0, 0.05) is 45.2 Å². The van der Waals surface area contributed by atoms with Gasteiger partial charge >= 0.3 is 11.9 Å². The molecule has 0 aromatic heterocycles. The summed E-state index contributed by atoms with van der Waals surface area (Å²) in [7, 11) is 0. The van der Waals surface area contributed by atoms with E-state index in [9.17, 15) is 28.8 Å². The van der Waals surface area contributed by atoms with Gasteiger partial charge in [-0.25, -0.2) is 4.79 Å². The number of carboxylic acids is 2. The van der Waals surface area contributed by atoms with Crippen molar-refractivity contribution in [3.05, 3.63) is 0 Å². The van der Waals surface area contributed by atoms with Crippen LogP contribution in [0.4, 0.5) is 0 Å². The van der Waals surface area contributed by atoms with Crippen molar-refractivity contribution in [1.29, 1.82) is 0 Å². The van der Waals surface area contributed by atoms with E-state index < -0.39 is 23.9 Å². The number of hydrogen-bond acceptors (Lipinski definition) is 8. The molecule has 0 rings (SSSR count). The normalized spacial score (nSPS) is 11.5. The largest absolute Gasteiger partial charge is 0.481 e. The summed E-state index contributed by atoms with van der Waals surface area (Å²) in [6.07, 6.45) is 16.6. The summed E-state index contributed by atoms with van der Waals surface area (Å²) >= 11 is 0. The zero-order chi connectivity index (χ0) is 33.4. The summed E-state index contributed by atoms with van der Waals surface area (Å²) in [5.74, 6) is -2.87. The number of carboxylic acid groups (broad SMARTS) is 2. The fourth-order valence-electron chi connectivity index (χ4n) is 4.48. The predicted molar refractivity (Wildman–Crippen MR) is 168 cm³/mol. The molecule has 0 saturated heterocycles. The first kappa shape index (κ1) is 41.9. The molecule has 259 valence electrons. The molecule has 0 aliphatic rings. The van der Waals surface area contributed by atoms with Crippen LogP contribution in [0, 0.1) is 0 Å². The van der Waals surface area contributed by atoms with E-state index in [1.54, 1.807) is 6.29 Å². The topological polar surface area (TPSA) is 197 Å². The standard InChI is InChI=1S/C32H56N3O10/c36-22-14-15-27(32(42)43)35-30(39)19-18-29(38)34-21-24-45-26-25-44-23-20-33-28(37)16-12-10-8-6-4-2-1-3-5-7-9-11-13-17-31(40)41/h27H,1-21,23-26H2,(H,33,37)(H,34,38)(H,35,39)(H,40,41)(H,42,43)/t27-/m0/s1. The van der Waals surface area contributed by atoms with Crippen LogP contribution in [-0.4, -0.2) is 91.7 Å². The van der Waals surface area contributed by atoms with Gasteiger partial charge in [0.1, 0.15) is 6.04 Å². The molecule has 0 heterocycles. The highest BCUT2D eigenvalue weighted by molar-refractivity contribution is 5.87. The van der Waals surface area contributed by atoms with Gasteiger partial charge in [-0.2, -0.15) is 0 Å². The van der Waals surface area contributed by atoms with Crippen LogP contribution < -0.4 is 16.0 Å². The average Bonchev–Trinajstić information content (AvgIpc) is 3.00. The quantitative estimate of drug-likeness (QED) is 0.0661. The minimum atomic E-state index is -1.25. The van der Waals surface area contributed by atoms with Crippen LogP contribution in [0.2, 0.25) is 0 Å². The molecule has 13 heteroatoms. The number of aliphatic carboxylic acids is 2. The second-order valence-corrected chi connectivity index (χ2v) is 11.1. The summed E-state index contributed by atoms with van der Waals surface area (Å²) in [6.45, 7) is 2.02. The van der Waals surface area contributed by atoms with Gasteiger partial charge in [-0.15, -0.1) is 0 Å². The molecule has 0 aliphatic carbocycles. The average molecular weight is 643 g/mol. The highest BCUT2D eigenvalue weighted by atomic mass is 16.5. The SMILES string of the molecule is O=[C]CC[C@H](NC(=O)CCC(=O)NCCOCCOCCNC(=O)CCCCCCCCCCCCCCCC(=O)O)C(=O)O. The lowest BCUT2D eigenvalue weighted by atomic mass is 10.0. The third-order valence-corrected chi connectivity index (χ3v) is 7.05. The molecule has 0 bridgehead atoms. The van der Waals surface area contributed by atoms with E-state index in [2.05, 4.69) is 16.0 Å². The van der Waals surface area contributed by atoms with Gasteiger partial charge in [0.2, 0.25) is 17.7 Å². The van der Waals surface area contributed by atoms with Crippen LogP contribution in [0.1, 0.15) is 122 Å². The monoisotopic (exact) mass is 642 g/mol. The van der Waals surface area contributed by atoms with Crippen molar-refractivity contribution in [2.24, 2.45) is 0 Å². The summed E-state index contributed by atoms with van der Waals surface area (Å²) in [5.41, 5.74) is 0. The molecule has 1 atom stereocenters. The number of carbonyl (C=O) groups is 5. The molecule has 3 amide bonds. The highest BCUT2D eigenvalue weighted by Crippen LogP contribution is 2.13. The highest BCUT2D eigenvalue weighted by Gasteiger charge is 2.19. The Morgan fingerprint density at radius 1 is 0.556 bits per heavy atom. The molecular weight excluding hydrogens is 586 g/mol. The van der Waals surface area contributed by atoms with E-state index >= 15 is 0 Å². The second-order valence-electron chi connectivity index (χ2n) is 11.1. The molecule has 0 unspecified atom stereocenters. The fraction of sp³-hybridized carbons (Fsp3) is 0.812. The van der Waals surface area contributed by atoms with E-state index in [4.69, 9.17) is 19.7 Å². The maximum absolute atomic E-state index is 11.9. The first-order chi connectivity index (χ1) is 21.8. The Kier molecular flexibility index (Phi) is 28.8. The van der Waals surface area contributed by atoms with Crippen molar-refractivity contribution in [3.8, 4) is 0 Å². The lowest BCUT2D eigenvalue weighted by Gasteiger charge is -2.13. The maximum Gasteiger partial charge on any atom is 0.326 e. The van der Waals surface area contributed by atoms with Crippen molar-refractivity contribution < 1.29 is 48.5 Å². The predicted octanol–water partition coefficient (Wildman–Crippen LogP) is 3.43. The van der Waals surface area contributed by atoms with E-state index in [1.165, 1.54) is 44.9 Å². The number of unbranched alkanes of at least 4 members (excludes halogenated alkanes) is 12. The van der Waals surface area contributed by atoms with E-state index in [0.717, 1.165) is 38.5 Å². The number of amides is 3. The summed E-state index contributed by atoms with van der Waals surface area (Å²) < 4.78 is 10.8. The van der Waals surface area contributed by atoms with Gasteiger partial charge in [-0.05, 0) is 19.3 Å². The van der Waals surface area contributed by atoms with E-state index in [1.807, 2.05) is 0 Å². The third kappa shape index (κ3) is 30.7. The van der Waals surface area contributed by atoms with Crippen LogP contribution in [0.3, 0.4) is 0 Å². The van der Waals surface area contributed by atoms with Crippen molar-refractivity contribution in [3.63, 3.8) is 0 Å². The number of ether oxygens (including phenoxy) is 2. The smallest absolute Gasteiger partial charge is 0.326 e. The van der Waals surface area contributed by atoms with Gasteiger partial charge < -0.3 is 35.6 Å².